The third kappa shape index (κ3) is 6.62. The Balaban J connectivity index is 0.00000156. The van der Waals surface area contributed by atoms with Crippen molar-refractivity contribution < 1.29 is 9.53 Å². The van der Waals surface area contributed by atoms with Gasteiger partial charge < -0.3 is 20.3 Å². The molecular weight excluding hydrogens is 363 g/mol. The largest absolute Gasteiger partial charge is 0.378 e. The Kier molecular flexibility index (Phi) is 10.1. The van der Waals surface area contributed by atoms with E-state index in [1.165, 1.54) is 6.42 Å². The molecule has 0 aliphatic carbocycles. The molecule has 2 saturated heterocycles. The number of aromatic nitrogens is 1. The number of rotatable bonds is 6. The van der Waals surface area contributed by atoms with E-state index in [2.05, 4.69) is 20.5 Å². The van der Waals surface area contributed by atoms with Crippen molar-refractivity contribution in [2.75, 3.05) is 44.3 Å². The van der Waals surface area contributed by atoms with Gasteiger partial charge in [0.2, 0.25) is 5.91 Å². The van der Waals surface area contributed by atoms with Crippen molar-refractivity contribution in [1.29, 1.82) is 0 Å². The smallest absolute Gasteiger partial charge is 0.220 e. The summed E-state index contributed by atoms with van der Waals surface area (Å²) < 4.78 is 5.40. The number of morpholine rings is 1. The molecule has 2 N–H and O–H groups in total. The Bertz CT molecular complexity index is 521. The molecule has 0 radical (unpaired) electrons. The first-order valence-corrected chi connectivity index (χ1v) is 8.57. The molecular formula is C17H28Cl2N4O2. The molecule has 0 spiro atoms. The molecule has 1 unspecified atom stereocenters. The SMILES string of the molecule is Cl.Cl.O=C(CCC1CCNC1)NCc1cccnc1N1CCOCC1. The number of pyridine rings is 1. The molecule has 0 saturated carbocycles. The number of ether oxygens (including phenoxy) is 1. The Labute approximate surface area is 161 Å². The zero-order valence-electron chi connectivity index (χ0n) is 14.4. The lowest BCUT2D eigenvalue weighted by atomic mass is 10.0. The van der Waals surface area contributed by atoms with Gasteiger partial charge >= 0.3 is 0 Å². The molecule has 2 aliphatic rings. The number of carbonyl (C=O) groups excluding carboxylic acids is 1. The molecule has 1 aromatic heterocycles. The quantitative estimate of drug-likeness (QED) is 0.774. The summed E-state index contributed by atoms with van der Waals surface area (Å²) in [5.41, 5.74) is 1.07. The van der Waals surface area contributed by atoms with Gasteiger partial charge in [-0.05, 0) is 37.9 Å². The number of amides is 1. The minimum absolute atomic E-state index is 0. The number of carbonyl (C=O) groups is 1. The minimum Gasteiger partial charge on any atom is -0.378 e. The van der Waals surface area contributed by atoms with Crippen LogP contribution in [-0.4, -0.2) is 50.3 Å². The Morgan fingerprint density at radius 2 is 2.16 bits per heavy atom. The highest BCUT2D eigenvalue weighted by molar-refractivity contribution is 5.85. The van der Waals surface area contributed by atoms with Crippen molar-refractivity contribution in [2.45, 2.75) is 25.8 Å². The first-order chi connectivity index (χ1) is 11.3. The minimum atomic E-state index is 0. The van der Waals surface area contributed by atoms with E-state index in [1.54, 1.807) is 0 Å². The molecule has 1 atom stereocenters. The van der Waals surface area contributed by atoms with Crippen LogP contribution in [0.1, 0.15) is 24.8 Å². The van der Waals surface area contributed by atoms with Crippen LogP contribution in [-0.2, 0) is 16.1 Å². The van der Waals surface area contributed by atoms with Crippen LogP contribution in [0.4, 0.5) is 5.82 Å². The molecule has 8 heteroatoms. The van der Waals surface area contributed by atoms with E-state index in [4.69, 9.17) is 4.74 Å². The standard InChI is InChI=1S/C17H26N4O2.2ClH/c22-16(4-3-14-5-7-18-12-14)20-13-15-2-1-6-19-17(15)21-8-10-23-11-9-21;;/h1-2,6,14,18H,3-5,7-13H2,(H,20,22);2*1H. The lowest BCUT2D eigenvalue weighted by molar-refractivity contribution is -0.121. The number of anilines is 1. The zero-order valence-corrected chi connectivity index (χ0v) is 16.0. The summed E-state index contributed by atoms with van der Waals surface area (Å²) in [5, 5.41) is 6.39. The predicted molar refractivity (Wildman–Crippen MR) is 104 cm³/mol. The van der Waals surface area contributed by atoms with Crippen molar-refractivity contribution >= 4 is 36.5 Å². The van der Waals surface area contributed by atoms with Gasteiger partial charge in [-0.25, -0.2) is 4.98 Å². The highest BCUT2D eigenvalue weighted by Gasteiger charge is 2.17. The van der Waals surface area contributed by atoms with Gasteiger partial charge in [0.25, 0.3) is 0 Å². The van der Waals surface area contributed by atoms with Crippen LogP contribution in [0.2, 0.25) is 0 Å². The first kappa shape index (κ1) is 22.0. The number of nitrogens with one attached hydrogen (secondary N) is 2. The van der Waals surface area contributed by atoms with Gasteiger partial charge in [0.1, 0.15) is 5.82 Å². The van der Waals surface area contributed by atoms with Gasteiger partial charge in [-0.3, -0.25) is 4.79 Å². The van der Waals surface area contributed by atoms with Crippen molar-refractivity contribution in [2.24, 2.45) is 5.92 Å². The first-order valence-electron chi connectivity index (χ1n) is 8.57. The molecule has 142 valence electrons. The van der Waals surface area contributed by atoms with Crippen molar-refractivity contribution in [3.05, 3.63) is 23.9 Å². The van der Waals surface area contributed by atoms with Gasteiger partial charge in [-0.15, -0.1) is 24.8 Å². The second-order valence-corrected chi connectivity index (χ2v) is 6.26. The highest BCUT2D eigenvalue weighted by atomic mass is 35.5. The van der Waals surface area contributed by atoms with Crippen LogP contribution in [0.5, 0.6) is 0 Å². The van der Waals surface area contributed by atoms with Gasteiger partial charge in [0.15, 0.2) is 0 Å². The summed E-state index contributed by atoms with van der Waals surface area (Å²) in [4.78, 5) is 18.8. The van der Waals surface area contributed by atoms with Crippen molar-refractivity contribution in [3.8, 4) is 0 Å². The molecule has 6 nitrogen and oxygen atoms in total. The molecule has 3 heterocycles. The third-order valence-electron chi connectivity index (χ3n) is 4.60. The molecule has 1 aromatic rings. The fourth-order valence-electron chi connectivity index (χ4n) is 3.21. The maximum atomic E-state index is 12.1. The summed E-state index contributed by atoms with van der Waals surface area (Å²) in [6, 6.07) is 3.97. The van der Waals surface area contributed by atoms with Crippen LogP contribution < -0.4 is 15.5 Å². The van der Waals surface area contributed by atoms with E-state index in [1.807, 2.05) is 18.3 Å². The van der Waals surface area contributed by atoms with E-state index >= 15 is 0 Å². The van der Waals surface area contributed by atoms with Crippen LogP contribution in [0, 0.1) is 5.92 Å². The third-order valence-corrected chi connectivity index (χ3v) is 4.60. The Hall–Kier alpha value is -1.08. The molecule has 1 amide bonds. The topological polar surface area (TPSA) is 66.5 Å². The summed E-state index contributed by atoms with van der Waals surface area (Å²) in [6.45, 7) is 5.86. The number of hydrogen-bond acceptors (Lipinski definition) is 5. The lowest BCUT2D eigenvalue weighted by Gasteiger charge is -2.29. The van der Waals surface area contributed by atoms with Crippen molar-refractivity contribution in [1.82, 2.24) is 15.6 Å². The fourth-order valence-corrected chi connectivity index (χ4v) is 3.21. The average Bonchev–Trinajstić information content (AvgIpc) is 3.13. The van der Waals surface area contributed by atoms with Gasteiger partial charge in [-0.1, -0.05) is 6.07 Å². The monoisotopic (exact) mass is 390 g/mol. The second kappa shape index (κ2) is 11.5. The van der Waals surface area contributed by atoms with Crippen LogP contribution >= 0.6 is 24.8 Å². The Morgan fingerprint density at radius 3 is 2.88 bits per heavy atom. The number of hydrogen-bond donors (Lipinski definition) is 2. The second-order valence-electron chi connectivity index (χ2n) is 6.26. The normalized spacial score (nSPS) is 19.7. The zero-order chi connectivity index (χ0) is 15.9. The molecule has 25 heavy (non-hydrogen) atoms. The Morgan fingerprint density at radius 1 is 1.36 bits per heavy atom. The molecule has 2 aliphatic heterocycles. The molecule has 3 rings (SSSR count). The molecule has 2 fully saturated rings. The van der Waals surface area contributed by atoms with E-state index in [0.717, 1.165) is 57.2 Å². The van der Waals surface area contributed by atoms with Crippen LogP contribution in [0.25, 0.3) is 0 Å². The molecule has 0 bridgehead atoms. The van der Waals surface area contributed by atoms with Gasteiger partial charge in [0, 0.05) is 37.8 Å². The van der Waals surface area contributed by atoms with Crippen molar-refractivity contribution in [3.63, 3.8) is 0 Å². The van der Waals surface area contributed by atoms with E-state index < -0.39 is 0 Å². The van der Waals surface area contributed by atoms with E-state index in [-0.39, 0.29) is 30.7 Å². The van der Waals surface area contributed by atoms with E-state index in [0.29, 0.717) is 18.9 Å². The summed E-state index contributed by atoms with van der Waals surface area (Å²) >= 11 is 0. The average molecular weight is 391 g/mol. The summed E-state index contributed by atoms with van der Waals surface area (Å²) in [6.07, 6.45) is 4.59. The number of nitrogens with zero attached hydrogens (tertiary/aromatic N) is 2. The lowest BCUT2D eigenvalue weighted by Crippen LogP contribution is -2.37. The fraction of sp³-hybridized carbons (Fsp3) is 0.647. The molecule has 0 aromatic carbocycles. The predicted octanol–water partition coefficient (Wildman–Crippen LogP) is 1.77. The van der Waals surface area contributed by atoms with Gasteiger partial charge in [0.05, 0.1) is 13.2 Å². The van der Waals surface area contributed by atoms with Crippen LogP contribution in [0.15, 0.2) is 18.3 Å². The van der Waals surface area contributed by atoms with Crippen LogP contribution in [0.3, 0.4) is 0 Å². The van der Waals surface area contributed by atoms with Gasteiger partial charge in [-0.2, -0.15) is 0 Å². The maximum absolute atomic E-state index is 12.1. The highest BCUT2D eigenvalue weighted by Crippen LogP contribution is 2.18. The summed E-state index contributed by atoms with van der Waals surface area (Å²) in [5.74, 6) is 1.76. The summed E-state index contributed by atoms with van der Waals surface area (Å²) in [7, 11) is 0. The number of halogens is 2. The maximum Gasteiger partial charge on any atom is 0.220 e. The van der Waals surface area contributed by atoms with E-state index in [9.17, 15) is 4.79 Å².